The van der Waals surface area contributed by atoms with Gasteiger partial charge in [-0.2, -0.15) is 0 Å². The average molecular weight is 391 g/mol. The number of carbonyl (C=O) groups excluding carboxylic acids is 1. The van der Waals surface area contributed by atoms with Gasteiger partial charge in [-0.1, -0.05) is 61.9 Å². The van der Waals surface area contributed by atoms with E-state index in [4.69, 9.17) is 4.74 Å². The molecule has 0 bridgehead atoms. The summed E-state index contributed by atoms with van der Waals surface area (Å²) in [5, 5.41) is 0. The zero-order valence-electron chi connectivity index (χ0n) is 18.1. The van der Waals surface area contributed by atoms with E-state index in [-0.39, 0.29) is 12.1 Å². The smallest absolute Gasteiger partial charge is 0.302 e. The summed E-state index contributed by atoms with van der Waals surface area (Å²) in [5.41, 5.74) is 5.22. The van der Waals surface area contributed by atoms with Crippen LogP contribution >= 0.6 is 0 Å². The van der Waals surface area contributed by atoms with Crippen molar-refractivity contribution in [2.45, 2.75) is 71.8 Å². The van der Waals surface area contributed by atoms with Gasteiger partial charge in [0, 0.05) is 13.3 Å². The Balaban J connectivity index is 1.41. The molecular weight excluding hydrogens is 356 g/mol. The van der Waals surface area contributed by atoms with E-state index in [0.29, 0.717) is 10.8 Å². The molecule has 1 aromatic carbocycles. The van der Waals surface area contributed by atoms with Gasteiger partial charge in [0.15, 0.2) is 0 Å². The van der Waals surface area contributed by atoms with Crippen LogP contribution in [0.15, 0.2) is 48.1 Å². The zero-order chi connectivity index (χ0) is 20.2. The third kappa shape index (κ3) is 2.94. The number of ether oxygens (including phenoxy) is 1. The summed E-state index contributed by atoms with van der Waals surface area (Å²) in [7, 11) is 0. The van der Waals surface area contributed by atoms with Crippen molar-refractivity contribution in [3.8, 4) is 0 Å². The molecule has 0 heterocycles. The molecule has 154 valence electrons. The van der Waals surface area contributed by atoms with Crippen molar-refractivity contribution in [1.29, 1.82) is 0 Å². The summed E-state index contributed by atoms with van der Waals surface area (Å²) in [5.74, 6) is 2.19. The molecule has 2 heteroatoms. The number of esters is 1. The first-order valence-corrected chi connectivity index (χ1v) is 11.5. The minimum Gasteiger partial charge on any atom is -0.462 e. The first-order valence-electron chi connectivity index (χ1n) is 11.5. The Morgan fingerprint density at radius 1 is 0.966 bits per heavy atom. The molecule has 0 amide bonds. The maximum atomic E-state index is 11.4. The lowest BCUT2D eigenvalue weighted by Gasteiger charge is -2.57. The van der Waals surface area contributed by atoms with Crippen LogP contribution in [-0.2, 0) is 9.53 Å². The topological polar surface area (TPSA) is 26.3 Å². The molecule has 4 aliphatic carbocycles. The highest BCUT2D eigenvalue weighted by molar-refractivity contribution is 5.73. The number of allylic oxidation sites excluding steroid dienone is 3. The number of hydrogen-bond acceptors (Lipinski definition) is 2. The second-order valence-electron chi connectivity index (χ2n) is 10.4. The van der Waals surface area contributed by atoms with Crippen LogP contribution in [0.2, 0.25) is 0 Å². The van der Waals surface area contributed by atoms with E-state index in [1.807, 2.05) is 0 Å². The van der Waals surface area contributed by atoms with Gasteiger partial charge >= 0.3 is 5.97 Å². The van der Waals surface area contributed by atoms with Crippen LogP contribution in [0.1, 0.15) is 71.3 Å². The molecule has 0 aromatic heterocycles. The molecule has 6 unspecified atom stereocenters. The maximum absolute atomic E-state index is 11.4. The lowest BCUT2D eigenvalue weighted by Crippen LogP contribution is -2.50. The SMILES string of the molecule is CC(=O)OC1CCC2(C)C(=CCC3C2CCC2(C)C(c4ccccc4)=CCC32)C1. The highest BCUT2D eigenvalue weighted by Gasteiger charge is 2.56. The van der Waals surface area contributed by atoms with Gasteiger partial charge in [0.2, 0.25) is 0 Å². The van der Waals surface area contributed by atoms with Crippen LogP contribution in [0.4, 0.5) is 0 Å². The van der Waals surface area contributed by atoms with Gasteiger partial charge < -0.3 is 4.74 Å². The standard InChI is InChI=1S/C27H34O2/c1-18(28)29-21-13-15-26(2)20(17-21)9-10-22-24-12-11-23(19-7-5-4-6-8-19)27(24,3)16-14-25(22)26/h4-9,11,21-22,24-25H,10,12-17H2,1-3H3. The summed E-state index contributed by atoms with van der Waals surface area (Å²) in [4.78, 5) is 11.4. The Morgan fingerprint density at radius 3 is 2.48 bits per heavy atom. The Kier molecular flexibility index (Phi) is 4.53. The fourth-order valence-electron chi connectivity index (χ4n) is 7.60. The summed E-state index contributed by atoms with van der Waals surface area (Å²) in [6.07, 6.45) is 13.4. The fraction of sp³-hybridized carbons (Fsp3) is 0.593. The summed E-state index contributed by atoms with van der Waals surface area (Å²) < 4.78 is 5.58. The van der Waals surface area contributed by atoms with E-state index in [1.165, 1.54) is 37.7 Å². The van der Waals surface area contributed by atoms with Gasteiger partial charge in [0.05, 0.1) is 0 Å². The molecule has 0 spiro atoms. The van der Waals surface area contributed by atoms with Crippen LogP contribution in [0.3, 0.4) is 0 Å². The van der Waals surface area contributed by atoms with Crippen LogP contribution in [0, 0.1) is 28.6 Å². The number of carbonyl (C=O) groups is 1. The molecule has 2 fully saturated rings. The van der Waals surface area contributed by atoms with Crippen LogP contribution in [-0.4, -0.2) is 12.1 Å². The van der Waals surface area contributed by atoms with Gasteiger partial charge in [0.25, 0.3) is 0 Å². The van der Waals surface area contributed by atoms with E-state index in [2.05, 4.69) is 56.3 Å². The first-order chi connectivity index (χ1) is 13.9. The number of benzene rings is 1. The average Bonchev–Trinajstić information content (AvgIpc) is 3.06. The van der Waals surface area contributed by atoms with Crippen LogP contribution < -0.4 is 0 Å². The molecule has 0 saturated heterocycles. The molecule has 5 rings (SSSR count). The molecule has 1 aromatic rings. The molecule has 4 aliphatic rings. The van der Waals surface area contributed by atoms with Gasteiger partial charge in [-0.05, 0) is 78.2 Å². The highest BCUT2D eigenvalue weighted by atomic mass is 16.5. The second kappa shape index (κ2) is 6.86. The van der Waals surface area contributed by atoms with Crippen molar-refractivity contribution in [1.82, 2.24) is 0 Å². The lowest BCUT2D eigenvalue weighted by atomic mass is 9.47. The fourth-order valence-corrected chi connectivity index (χ4v) is 7.60. The summed E-state index contributed by atoms with van der Waals surface area (Å²) in [6.45, 7) is 6.60. The van der Waals surface area contributed by atoms with Crippen molar-refractivity contribution >= 4 is 11.5 Å². The normalized spacial score (nSPS) is 40.8. The van der Waals surface area contributed by atoms with Crippen molar-refractivity contribution in [2.24, 2.45) is 28.6 Å². The first kappa shape index (κ1) is 19.2. The quantitative estimate of drug-likeness (QED) is 0.421. The van der Waals surface area contributed by atoms with E-state index < -0.39 is 0 Å². The molecule has 0 N–H and O–H groups in total. The Hall–Kier alpha value is -1.83. The highest BCUT2D eigenvalue weighted by Crippen LogP contribution is 2.66. The minimum atomic E-state index is -0.133. The Morgan fingerprint density at radius 2 is 1.72 bits per heavy atom. The van der Waals surface area contributed by atoms with E-state index in [0.717, 1.165) is 30.6 Å². The third-order valence-electron chi connectivity index (χ3n) is 9.06. The minimum absolute atomic E-state index is 0.0926. The van der Waals surface area contributed by atoms with Crippen LogP contribution in [0.25, 0.3) is 5.57 Å². The van der Waals surface area contributed by atoms with E-state index in [1.54, 1.807) is 18.1 Å². The summed E-state index contributed by atoms with van der Waals surface area (Å²) >= 11 is 0. The molecule has 0 aliphatic heterocycles. The molecule has 6 atom stereocenters. The molecule has 29 heavy (non-hydrogen) atoms. The Labute approximate surface area is 175 Å². The van der Waals surface area contributed by atoms with Crippen LogP contribution in [0.5, 0.6) is 0 Å². The molecule has 2 nitrogen and oxygen atoms in total. The summed E-state index contributed by atoms with van der Waals surface area (Å²) in [6, 6.07) is 11.1. The second-order valence-corrected chi connectivity index (χ2v) is 10.4. The van der Waals surface area contributed by atoms with Gasteiger partial charge in [-0.25, -0.2) is 0 Å². The third-order valence-corrected chi connectivity index (χ3v) is 9.06. The Bertz CT molecular complexity index is 866. The van der Waals surface area contributed by atoms with Gasteiger partial charge in [-0.3, -0.25) is 4.79 Å². The predicted octanol–water partition coefficient (Wildman–Crippen LogP) is 6.57. The predicted molar refractivity (Wildman–Crippen MR) is 117 cm³/mol. The van der Waals surface area contributed by atoms with Crippen molar-refractivity contribution < 1.29 is 9.53 Å². The van der Waals surface area contributed by atoms with E-state index in [9.17, 15) is 4.79 Å². The van der Waals surface area contributed by atoms with E-state index >= 15 is 0 Å². The molecular formula is C27H34O2. The van der Waals surface area contributed by atoms with Crippen molar-refractivity contribution in [3.63, 3.8) is 0 Å². The largest absolute Gasteiger partial charge is 0.462 e. The van der Waals surface area contributed by atoms with Crippen molar-refractivity contribution in [3.05, 3.63) is 53.6 Å². The number of rotatable bonds is 2. The van der Waals surface area contributed by atoms with Gasteiger partial charge in [-0.15, -0.1) is 0 Å². The zero-order valence-corrected chi connectivity index (χ0v) is 18.1. The maximum Gasteiger partial charge on any atom is 0.302 e. The number of hydrogen-bond donors (Lipinski definition) is 0. The monoisotopic (exact) mass is 390 g/mol. The molecule has 0 radical (unpaired) electrons. The lowest BCUT2D eigenvalue weighted by molar-refractivity contribution is -0.148. The number of fused-ring (bicyclic) bond motifs is 5. The van der Waals surface area contributed by atoms with Crippen molar-refractivity contribution in [2.75, 3.05) is 0 Å². The molecule has 2 saturated carbocycles. The van der Waals surface area contributed by atoms with Gasteiger partial charge in [0.1, 0.15) is 6.10 Å².